The first-order valence-electron chi connectivity index (χ1n) is 9.45. The summed E-state index contributed by atoms with van der Waals surface area (Å²) < 4.78 is 12.7. The van der Waals surface area contributed by atoms with Crippen LogP contribution in [0.1, 0.15) is 26.7 Å². The molecule has 0 aliphatic carbocycles. The summed E-state index contributed by atoms with van der Waals surface area (Å²) in [6, 6.07) is 0. The zero-order valence-corrected chi connectivity index (χ0v) is 16.2. The number of aromatic nitrogens is 2. The molecule has 9 heteroatoms. The number of rotatable bonds is 5. The van der Waals surface area contributed by atoms with Crippen molar-refractivity contribution in [2.24, 2.45) is 0 Å². The van der Waals surface area contributed by atoms with E-state index >= 15 is 0 Å². The third kappa shape index (κ3) is 4.66. The average molecular weight is 379 g/mol. The Morgan fingerprint density at radius 3 is 2.63 bits per heavy atom. The smallest absolute Gasteiger partial charge is 0.256 e. The molecule has 2 aliphatic heterocycles. The molecule has 2 fully saturated rings. The van der Waals surface area contributed by atoms with Crippen LogP contribution in [0.3, 0.4) is 0 Å². The van der Waals surface area contributed by atoms with Crippen LogP contribution in [0.5, 0.6) is 0 Å². The number of nitrogens with zero attached hydrogens (tertiary/aromatic N) is 3. The van der Waals surface area contributed by atoms with Crippen LogP contribution in [0.4, 0.5) is 5.69 Å². The summed E-state index contributed by atoms with van der Waals surface area (Å²) in [7, 11) is 1.57. The van der Waals surface area contributed by atoms with E-state index in [2.05, 4.69) is 15.7 Å². The van der Waals surface area contributed by atoms with Crippen LogP contribution in [0.25, 0.3) is 0 Å². The fraction of sp³-hybridized carbons (Fsp3) is 0.722. The molecule has 2 aliphatic rings. The third-order valence-corrected chi connectivity index (χ3v) is 5.18. The summed E-state index contributed by atoms with van der Waals surface area (Å²) in [6.07, 6.45) is 4.53. The van der Waals surface area contributed by atoms with Crippen LogP contribution >= 0.6 is 0 Å². The Morgan fingerprint density at radius 1 is 1.33 bits per heavy atom. The second-order valence-electron chi connectivity index (χ2n) is 7.39. The van der Waals surface area contributed by atoms with Crippen molar-refractivity contribution >= 4 is 17.5 Å². The molecule has 0 saturated carbocycles. The summed E-state index contributed by atoms with van der Waals surface area (Å²) >= 11 is 0. The second kappa shape index (κ2) is 8.37. The Morgan fingerprint density at radius 2 is 2.00 bits per heavy atom. The summed E-state index contributed by atoms with van der Waals surface area (Å²) in [5.41, 5.74) is -0.255. The van der Waals surface area contributed by atoms with Crippen LogP contribution in [0.2, 0.25) is 0 Å². The van der Waals surface area contributed by atoms with Gasteiger partial charge in [-0.15, -0.1) is 0 Å². The molecule has 150 valence electrons. The van der Waals surface area contributed by atoms with Crippen molar-refractivity contribution in [1.82, 2.24) is 20.0 Å². The van der Waals surface area contributed by atoms with Crippen LogP contribution in [0.15, 0.2) is 12.4 Å². The number of amides is 2. The van der Waals surface area contributed by atoms with Gasteiger partial charge < -0.3 is 25.0 Å². The SMILES string of the molecule is COC1(C(=O)Nc2cnn(CC(=O)N3CC(C)OC(C)C3)c2)CCNCC1. The Bertz CT molecular complexity index is 660. The van der Waals surface area contributed by atoms with Gasteiger partial charge in [-0.2, -0.15) is 5.10 Å². The Kier molecular flexibility index (Phi) is 6.13. The molecular formula is C18H29N5O4. The van der Waals surface area contributed by atoms with E-state index in [1.54, 1.807) is 29.1 Å². The van der Waals surface area contributed by atoms with E-state index in [4.69, 9.17) is 9.47 Å². The molecule has 1 aromatic rings. The fourth-order valence-electron chi connectivity index (χ4n) is 3.73. The van der Waals surface area contributed by atoms with Gasteiger partial charge in [0.05, 0.1) is 24.1 Å². The maximum Gasteiger partial charge on any atom is 0.256 e. The Balaban J connectivity index is 1.58. The average Bonchev–Trinajstić information content (AvgIpc) is 3.08. The highest BCUT2D eigenvalue weighted by molar-refractivity contribution is 5.97. The molecular weight excluding hydrogens is 350 g/mol. The summed E-state index contributed by atoms with van der Waals surface area (Å²) in [6.45, 7) is 6.70. The number of morpholine rings is 1. The Labute approximate surface area is 159 Å². The van der Waals surface area contributed by atoms with Crippen molar-refractivity contribution in [3.05, 3.63) is 12.4 Å². The molecule has 27 heavy (non-hydrogen) atoms. The van der Waals surface area contributed by atoms with Crippen LogP contribution in [-0.4, -0.2) is 77.6 Å². The number of nitrogens with one attached hydrogen (secondary N) is 2. The van der Waals surface area contributed by atoms with Gasteiger partial charge in [0.1, 0.15) is 12.1 Å². The van der Waals surface area contributed by atoms with E-state index in [1.165, 1.54) is 0 Å². The number of carbonyl (C=O) groups is 2. The standard InChI is InChI=1S/C18H29N5O4/c1-13-9-22(10-14(2)27-13)16(24)12-23-11-15(8-20-23)21-17(25)18(26-3)4-6-19-7-5-18/h8,11,13-14,19H,4-7,9-10,12H2,1-3H3,(H,21,25). The van der Waals surface area contributed by atoms with Gasteiger partial charge in [-0.25, -0.2) is 0 Å². The number of ether oxygens (including phenoxy) is 2. The second-order valence-corrected chi connectivity index (χ2v) is 7.39. The van der Waals surface area contributed by atoms with Crippen molar-refractivity contribution in [3.63, 3.8) is 0 Å². The van der Waals surface area contributed by atoms with Gasteiger partial charge in [0, 0.05) is 26.4 Å². The first-order valence-corrected chi connectivity index (χ1v) is 9.45. The molecule has 0 bridgehead atoms. The minimum Gasteiger partial charge on any atom is -0.372 e. The number of hydrogen-bond donors (Lipinski definition) is 2. The lowest BCUT2D eigenvalue weighted by atomic mass is 9.91. The molecule has 3 rings (SSSR count). The maximum atomic E-state index is 12.7. The number of anilines is 1. The van der Waals surface area contributed by atoms with Gasteiger partial charge in [-0.3, -0.25) is 14.3 Å². The monoisotopic (exact) mass is 379 g/mol. The molecule has 0 spiro atoms. The predicted molar refractivity (Wildman–Crippen MR) is 99.3 cm³/mol. The van der Waals surface area contributed by atoms with Gasteiger partial charge in [0.2, 0.25) is 5.91 Å². The summed E-state index contributed by atoms with van der Waals surface area (Å²) in [5, 5.41) is 10.3. The molecule has 2 saturated heterocycles. The number of piperidine rings is 1. The molecule has 2 N–H and O–H groups in total. The van der Waals surface area contributed by atoms with Crippen LogP contribution < -0.4 is 10.6 Å². The largest absolute Gasteiger partial charge is 0.372 e. The quantitative estimate of drug-likeness (QED) is 0.760. The van der Waals surface area contributed by atoms with E-state index in [0.717, 1.165) is 13.1 Å². The van der Waals surface area contributed by atoms with Gasteiger partial charge in [0.25, 0.3) is 5.91 Å². The van der Waals surface area contributed by atoms with Gasteiger partial charge >= 0.3 is 0 Å². The highest BCUT2D eigenvalue weighted by Crippen LogP contribution is 2.24. The molecule has 2 atom stereocenters. The van der Waals surface area contributed by atoms with Crippen molar-refractivity contribution < 1.29 is 19.1 Å². The maximum absolute atomic E-state index is 12.7. The number of hydrogen-bond acceptors (Lipinski definition) is 6. The topological polar surface area (TPSA) is 97.7 Å². The van der Waals surface area contributed by atoms with E-state index in [1.807, 2.05) is 13.8 Å². The molecule has 1 aromatic heterocycles. The number of carbonyl (C=O) groups excluding carboxylic acids is 2. The molecule has 2 amide bonds. The van der Waals surface area contributed by atoms with E-state index < -0.39 is 5.60 Å². The molecule has 0 radical (unpaired) electrons. The van der Waals surface area contributed by atoms with Crippen molar-refractivity contribution in [2.45, 2.75) is 51.0 Å². The van der Waals surface area contributed by atoms with E-state index in [9.17, 15) is 9.59 Å². The summed E-state index contributed by atoms with van der Waals surface area (Å²) in [5.74, 6) is -0.183. The Hall–Kier alpha value is -1.97. The first-order chi connectivity index (χ1) is 12.9. The highest BCUT2D eigenvalue weighted by Gasteiger charge is 2.39. The predicted octanol–water partition coefficient (Wildman–Crippen LogP) is 0.226. The lowest BCUT2D eigenvalue weighted by molar-refractivity contribution is -0.144. The molecule has 0 aromatic carbocycles. The van der Waals surface area contributed by atoms with Crippen LogP contribution in [0, 0.1) is 0 Å². The normalized spacial score (nSPS) is 25.2. The summed E-state index contributed by atoms with van der Waals surface area (Å²) in [4.78, 5) is 27.0. The minimum absolute atomic E-state index is 0.00954. The molecule has 3 heterocycles. The lowest BCUT2D eigenvalue weighted by Gasteiger charge is -2.35. The zero-order valence-electron chi connectivity index (χ0n) is 16.2. The fourth-order valence-corrected chi connectivity index (χ4v) is 3.73. The van der Waals surface area contributed by atoms with Gasteiger partial charge in [-0.1, -0.05) is 0 Å². The van der Waals surface area contributed by atoms with Crippen LogP contribution in [-0.2, 0) is 25.6 Å². The zero-order chi connectivity index (χ0) is 19.4. The lowest BCUT2D eigenvalue weighted by Crippen LogP contribution is -2.51. The first kappa shape index (κ1) is 19.8. The molecule has 2 unspecified atom stereocenters. The number of methoxy groups -OCH3 is 1. The van der Waals surface area contributed by atoms with Crippen molar-refractivity contribution in [2.75, 3.05) is 38.6 Å². The van der Waals surface area contributed by atoms with E-state index in [-0.39, 0.29) is 30.6 Å². The van der Waals surface area contributed by atoms with Crippen molar-refractivity contribution in [1.29, 1.82) is 0 Å². The molecule has 9 nitrogen and oxygen atoms in total. The van der Waals surface area contributed by atoms with Gasteiger partial charge in [0.15, 0.2) is 0 Å². The van der Waals surface area contributed by atoms with Crippen molar-refractivity contribution in [3.8, 4) is 0 Å². The van der Waals surface area contributed by atoms with Gasteiger partial charge in [-0.05, 0) is 39.8 Å². The minimum atomic E-state index is -0.816. The van der Waals surface area contributed by atoms with E-state index in [0.29, 0.717) is 31.6 Å². The highest BCUT2D eigenvalue weighted by atomic mass is 16.5. The third-order valence-electron chi connectivity index (χ3n) is 5.18.